The highest BCUT2D eigenvalue weighted by Crippen LogP contribution is 2.39. The maximum atomic E-state index is 13.5. The zero-order valence-corrected chi connectivity index (χ0v) is 11.9. The van der Waals surface area contributed by atoms with Gasteiger partial charge in [0, 0.05) is 10.7 Å². The molecule has 0 saturated heterocycles. The number of hydrogen-bond donors (Lipinski definition) is 1. The van der Waals surface area contributed by atoms with Crippen LogP contribution >= 0.6 is 11.6 Å². The lowest BCUT2D eigenvalue weighted by Crippen LogP contribution is -2.26. The van der Waals surface area contributed by atoms with Crippen LogP contribution in [0.1, 0.15) is 19.4 Å². The minimum Gasteiger partial charge on any atom is -0.325 e. The molecule has 0 aliphatic carbocycles. The van der Waals surface area contributed by atoms with Gasteiger partial charge in [0.05, 0.1) is 5.41 Å². The van der Waals surface area contributed by atoms with Crippen molar-refractivity contribution in [2.75, 3.05) is 5.32 Å². The summed E-state index contributed by atoms with van der Waals surface area (Å²) in [4.78, 5) is 11.9. The average Bonchev–Trinajstić information content (AvgIpc) is 2.59. The zero-order chi connectivity index (χ0) is 14.5. The molecule has 0 saturated carbocycles. The summed E-state index contributed by atoms with van der Waals surface area (Å²) >= 11 is 5.89. The summed E-state index contributed by atoms with van der Waals surface area (Å²) in [7, 11) is 0. The molecule has 1 aliphatic heterocycles. The standard InChI is InChI=1S/C16H13ClFNO/c1-16(2)13-7-9(3-4-14(13)19-15(16)20)10-5-11(17)8-12(18)6-10/h3-8H,1-2H3,(H,19,20). The van der Waals surface area contributed by atoms with Crippen LogP contribution < -0.4 is 5.32 Å². The Kier molecular flexibility index (Phi) is 2.83. The molecule has 1 aliphatic rings. The molecule has 1 N–H and O–H groups in total. The van der Waals surface area contributed by atoms with Crippen molar-refractivity contribution in [1.82, 2.24) is 0 Å². The number of halogens is 2. The molecule has 4 heteroatoms. The summed E-state index contributed by atoms with van der Waals surface area (Å²) in [6.07, 6.45) is 0. The molecule has 1 heterocycles. The van der Waals surface area contributed by atoms with E-state index in [1.165, 1.54) is 12.1 Å². The van der Waals surface area contributed by atoms with Crippen LogP contribution in [0, 0.1) is 5.82 Å². The Balaban J connectivity index is 2.14. The first-order chi connectivity index (χ1) is 9.38. The van der Waals surface area contributed by atoms with Crippen LogP contribution in [-0.4, -0.2) is 5.91 Å². The van der Waals surface area contributed by atoms with Gasteiger partial charge in [0.25, 0.3) is 0 Å². The van der Waals surface area contributed by atoms with Gasteiger partial charge >= 0.3 is 0 Å². The highest BCUT2D eigenvalue weighted by molar-refractivity contribution is 6.30. The molecule has 0 atom stereocenters. The van der Waals surface area contributed by atoms with Crippen LogP contribution in [0.2, 0.25) is 5.02 Å². The normalized spacial score (nSPS) is 15.9. The molecule has 0 bridgehead atoms. The zero-order valence-electron chi connectivity index (χ0n) is 11.1. The lowest BCUT2D eigenvalue weighted by Gasteiger charge is -2.16. The van der Waals surface area contributed by atoms with E-state index in [2.05, 4.69) is 5.32 Å². The summed E-state index contributed by atoms with van der Waals surface area (Å²) < 4.78 is 13.5. The van der Waals surface area contributed by atoms with E-state index < -0.39 is 5.41 Å². The predicted octanol–water partition coefficient (Wildman–Crippen LogP) is 4.38. The van der Waals surface area contributed by atoms with Gasteiger partial charge in [-0.3, -0.25) is 4.79 Å². The molecule has 0 spiro atoms. The lowest BCUT2D eigenvalue weighted by atomic mass is 9.85. The van der Waals surface area contributed by atoms with Crippen molar-refractivity contribution in [2.45, 2.75) is 19.3 Å². The molecular formula is C16H13ClFNO. The number of hydrogen-bond acceptors (Lipinski definition) is 1. The van der Waals surface area contributed by atoms with Gasteiger partial charge in [-0.2, -0.15) is 0 Å². The fraction of sp³-hybridized carbons (Fsp3) is 0.188. The van der Waals surface area contributed by atoms with E-state index >= 15 is 0 Å². The maximum Gasteiger partial charge on any atom is 0.234 e. The Hall–Kier alpha value is -1.87. The lowest BCUT2D eigenvalue weighted by molar-refractivity contribution is -0.119. The molecule has 0 radical (unpaired) electrons. The van der Waals surface area contributed by atoms with Gasteiger partial charge in [0.15, 0.2) is 0 Å². The number of fused-ring (bicyclic) bond motifs is 1. The molecule has 2 aromatic carbocycles. The highest BCUT2D eigenvalue weighted by Gasteiger charge is 2.38. The van der Waals surface area contributed by atoms with E-state index in [9.17, 15) is 9.18 Å². The third-order valence-electron chi connectivity index (χ3n) is 3.70. The van der Waals surface area contributed by atoms with E-state index in [0.717, 1.165) is 16.8 Å². The van der Waals surface area contributed by atoms with Crippen molar-refractivity contribution < 1.29 is 9.18 Å². The van der Waals surface area contributed by atoms with Gasteiger partial charge in [-0.1, -0.05) is 17.7 Å². The number of rotatable bonds is 1. The van der Waals surface area contributed by atoms with Crippen molar-refractivity contribution in [3.05, 3.63) is 52.8 Å². The van der Waals surface area contributed by atoms with Gasteiger partial charge in [-0.15, -0.1) is 0 Å². The molecule has 20 heavy (non-hydrogen) atoms. The Morgan fingerprint density at radius 2 is 1.85 bits per heavy atom. The maximum absolute atomic E-state index is 13.5. The third kappa shape index (κ3) is 1.98. The third-order valence-corrected chi connectivity index (χ3v) is 3.92. The van der Waals surface area contributed by atoms with Gasteiger partial charge in [0.1, 0.15) is 5.82 Å². The van der Waals surface area contributed by atoms with Crippen molar-refractivity contribution in [1.29, 1.82) is 0 Å². The molecule has 2 nitrogen and oxygen atoms in total. The Bertz CT molecular complexity index is 704. The molecule has 3 rings (SSSR count). The Morgan fingerprint density at radius 1 is 1.10 bits per heavy atom. The number of benzene rings is 2. The quantitative estimate of drug-likeness (QED) is 0.829. The molecular weight excluding hydrogens is 277 g/mol. The fourth-order valence-corrected chi connectivity index (χ4v) is 2.69. The second-order valence-electron chi connectivity index (χ2n) is 5.50. The molecule has 0 fully saturated rings. The van der Waals surface area contributed by atoms with E-state index in [1.54, 1.807) is 6.07 Å². The predicted molar refractivity (Wildman–Crippen MR) is 78.5 cm³/mol. The molecule has 0 unspecified atom stereocenters. The summed E-state index contributed by atoms with van der Waals surface area (Å²) in [5, 5.41) is 3.21. The summed E-state index contributed by atoms with van der Waals surface area (Å²) in [5.41, 5.74) is 2.69. The first-order valence-electron chi connectivity index (χ1n) is 6.30. The topological polar surface area (TPSA) is 29.1 Å². The van der Waals surface area contributed by atoms with Gasteiger partial charge in [0.2, 0.25) is 5.91 Å². The Morgan fingerprint density at radius 3 is 2.55 bits per heavy atom. The molecule has 1 amide bonds. The number of anilines is 1. The summed E-state index contributed by atoms with van der Waals surface area (Å²) in [6, 6.07) is 10.0. The summed E-state index contributed by atoms with van der Waals surface area (Å²) in [5.74, 6) is -0.400. The molecule has 0 aromatic heterocycles. The van der Waals surface area contributed by atoms with Crippen molar-refractivity contribution in [2.24, 2.45) is 0 Å². The first kappa shape index (κ1) is 13.1. The van der Waals surface area contributed by atoms with Gasteiger partial charge in [-0.05, 0) is 60.9 Å². The van der Waals surface area contributed by atoms with Crippen LogP contribution in [0.4, 0.5) is 10.1 Å². The smallest absolute Gasteiger partial charge is 0.234 e. The van der Waals surface area contributed by atoms with Gasteiger partial charge < -0.3 is 5.32 Å². The second kappa shape index (κ2) is 4.32. The van der Waals surface area contributed by atoms with Crippen molar-refractivity contribution >= 4 is 23.2 Å². The first-order valence-corrected chi connectivity index (χ1v) is 6.68. The van der Waals surface area contributed by atoms with Crippen molar-refractivity contribution in [3.8, 4) is 11.1 Å². The van der Waals surface area contributed by atoms with Crippen molar-refractivity contribution in [3.63, 3.8) is 0 Å². The minimum absolute atomic E-state index is 0.0260. The van der Waals surface area contributed by atoms with Gasteiger partial charge in [-0.25, -0.2) is 4.39 Å². The van der Waals surface area contributed by atoms with Crippen LogP contribution in [-0.2, 0) is 10.2 Å². The SMILES string of the molecule is CC1(C)C(=O)Nc2ccc(-c3cc(F)cc(Cl)c3)cc21. The van der Waals surface area contributed by atoms with E-state index in [-0.39, 0.29) is 11.7 Å². The van der Waals surface area contributed by atoms with Crippen LogP contribution in [0.15, 0.2) is 36.4 Å². The van der Waals surface area contributed by atoms with E-state index in [1.807, 2.05) is 32.0 Å². The fourth-order valence-electron chi connectivity index (χ4n) is 2.47. The van der Waals surface area contributed by atoms with E-state index in [0.29, 0.717) is 10.6 Å². The number of carbonyl (C=O) groups is 1. The highest BCUT2D eigenvalue weighted by atomic mass is 35.5. The van der Waals surface area contributed by atoms with Crippen LogP contribution in [0.5, 0.6) is 0 Å². The second-order valence-corrected chi connectivity index (χ2v) is 5.93. The average molecular weight is 290 g/mol. The van der Waals surface area contributed by atoms with Crippen LogP contribution in [0.3, 0.4) is 0 Å². The Labute approximate surface area is 121 Å². The van der Waals surface area contributed by atoms with Crippen LogP contribution in [0.25, 0.3) is 11.1 Å². The monoisotopic (exact) mass is 289 g/mol. The summed E-state index contributed by atoms with van der Waals surface area (Å²) in [6.45, 7) is 3.74. The molecule has 102 valence electrons. The van der Waals surface area contributed by atoms with E-state index in [4.69, 9.17) is 11.6 Å². The molecule has 2 aromatic rings. The number of amides is 1. The minimum atomic E-state index is -0.581. The number of carbonyl (C=O) groups excluding carboxylic acids is 1. The number of nitrogens with one attached hydrogen (secondary N) is 1. The largest absolute Gasteiger partial charge is 0.325 e.